The van der Waals surface area contributed by atoms with Crippen LogP contribution in [0.1, 0.15) is 41.5 Å². The van der Waals surface area contributed by atoms with Crippen molar-refractivity contribution >= 4 is 184 Å². The summed E-state index contributed by atoms with van der Waals surface area (Å²) >= 11 is 0. The lowest BCUT2D eigenvalue weighted by Gasteiger charge is -2.08. The van der Waals surface area contributed by atoms with Gasteiger partial charge in [0.15, 0.2) is 0 Å². The monoisotopic (exact) mass is 1500 g/mol. The summed E-state index contributed by atoms with van der Waals surface area (Å²) in [5.41, 5.74) is 10.4. The fourth-order valence-corrected chi connectivity index (χ4v) is 15.7. The summed E-state index contributed by atoms with van der Waals surface area (Å²) in [6.07, 6.45) is 0. The van der Waals surface area contributed by atoms with E-state index in [4.69, 9.17) is 0 Å². The molecule has 8 heteroatoms. The Kier molecular flexibility index (Phi) is 25.2. The molecule has 0 atom stereocenters. The molecule has 0 spiro atoms. The highest BCUT2D eigenvalue weighted by Gasteiger charge is 2.19. The molecular weight excluding hydrogens is 1390 g/mol. The lowest BCUT2D eigenvalue weighted by molar-refractivity contribution is 0.434. The van der Waals surface area contributed by atoms with Gasteiger partial charge in [-0.1, -0.05) is 302 Å². The van der Waals surface area contributed by atoms with E-state index in [0.29, 0.717) is 0 Å². The maximum Gasteiger partial charge on any atom is 0.0574 e. The van der Waals surface area contributed by atoms with E-state index >= 15 is 0 Å². The van der Waals surface area contributed by atoms with E-state index in [2.05, 4.69) is 453 Å². The van der Waals surface area contributed by atoms with Gasteiger partial charge in [-0.2, -0.15) is 0 Å². The normalized spacial score (nSPS) is 11.4. The van der Waals surface area contributed by atoms with Crippen LogP contribution in [0.15, 0.2) is 303 Å². The number of hydrogen-bond donors (Lipinski definition) is 0. The Hall–Kier alpha value is -11.9. The molecule has 17 aromatic carbocycles. The van der Waals surface area contributed by atoms with Gasteiger partial charge in [0.2, 0.25) is 0 Å². The summed E-state index contributed by atoms with van der Waals surface area (Å²) in [6, 6.07) is 110. The molecular formula is C106H112N8. The average Bonchev–Trinajstić information content (AvgIpc) is 1.61. The molecule has 0 amide bonds. The summed E-state index contributed by atoms with van der Waals surface area (Å²) in [5.74, 6) is 0. The van der Waals surface area contributed by atoms with Gasteiger partial charge in [0.25, 0.3) is 0 Å². The smallest absolute Gasteiger partial charge is 0.0574 e. The Morgan fingerprint density at radius 3 is 0.921 bits per heavy atom. The van der Waals surface area contributed by atoms with Crippen molar-refractivity contribution in [3.63, 3.8) is 0 Å². The van der Waals surface area contributed by atoms with Crippen LogP contribution in [0.3, 0.4) is 0 Å². The van der Waals surface area contributed by atoms with Crippen LogP contribution >= 0.6 is 0 Å². The van der Waals surface area contributed by atoms with E-state index in [1.165, 1.54) is 184 Å². The molecule has 0 N–H and O–H groups in total. The molecule has 0 fully saturated rings. The van der Waals surface area contributed by atoms with Crippen LogP contribution < -0.4 is 0 Å². The Morgan fingerprint density at radius 2 is 0.447 bits per heavy atom. The van der Waals surface area contributed by atoms with Crippen molar-refractivity contribution in [3.05, 3.63) is 303 Å². The van der Waals surface area contributed by atoms with Crippen LogP contribution in [0.4, 0.5) is 0 Å². The molecule has 4 heterocycles. The first-order valence-electron chi connectivity index (χ1n) is 40.6. The van der Waals surface area contributed by atoms with Gasteiger partial charge < -0.3 is 37.9 Å². The largest absolute Gasteiger partial charge is 0.344 e. The number of hydrogen-bond acceptors (Lipinski definition) is 4. The van der Waals surface area contributed by atoms with Crippen molar-refractivity contribution in [1.29, 1.82) is 0 Å². The van der Waals surface area contributed by atoms with E-state index < -0.39 is 0 Å². The van der Waals surface area contributed by atoms with Crippen molar-refractivity contribution in [2.24, 2.45) is 28.2 Å². The first-order chi connectivity index (χ1) is 55.4. The third kappa shape index (κ3) is 16.0. The predicted octanol–water partition coefficient (Wildman–Crippen LogP) is 27.0. The number of nitrogens with zero attached hydrogens (tertiary/aromatic N) is 8. The molecule has 0 unspecified atom stereocenters. The SMILES string of the molecule is CC.CCN(C)C.CCN(C)C.CCN(C)C.CCN(C)C.Cn1c2cc3ccccc3cc2c2c3ccccc3c3ccccc3c21.Cn1c2cc3ccccc3cc2c2ccc3ccccc3c21.Cn1c2ccc3ccccc3c2c2c3ccccc3ccc21.Cn1c2ccccc2c2ccc3c4ccccc4ccc3c21. The van der Waals surface area contributed by atoms with Gasteiger partial charge in [0.05, 0.1) is 16.6 Å². The van der Waals surface area contributed by atoms with E-state index in [9.17, 15) is 0 Å². The van der Waals surface area contributed by atoms with Crippen LogP contribution in [0.25, 0.3) is 184 Å². The summed E-state index contributed by atoms with van der Waals surface area (Å²) in [7, 11) is 25.1. The molecule has 0 saturated heterocycles. The number of rotatable bonds is 4. The Morgan fingerprint density at radius 1 is 0.184 bits per heavy atom. The van der Waals surface area contributed by atoms with Gasteiger partial charge in [0.1, 0.15) is 0 Å². The van der Waals surface area contributed by atoms with Crippen molar-refractivity contribution in [3.8, 4) is 0 Å². The predicted molar refractivity (Wildman–Crippen MR) is 508 cm³/mol. The van der Waals surface area contributed by atoms with Crippen LogP contribution in [0.2, 0.25) is 0 Å². The van der Waals surface area contributed by atoms with Gasteiger partial charge in [-0.25, -0.2) is 0 Å². The Bertz CT molecular complexity index is 6830. The van der Waals surface area contributed by atoms with Crippen molar-refractivity contribution in [1.82, 2.24) is 37.9 Å². The topological polar surface area (TPSA) is 32.7 Å². The van der Waals surface area contributed by atoms with Crippen molar-refractivity contribution in [2.45, 2.75) is 41.5 Å². The number of aromatic nitrogens is 4. The number of aryl methyl sites for hydroxylation is 4. The van der Waals surface area contributed by atoms with E-state index in [1.54, 1.807) is 0 Å². The standard InChI is InChI=1S/C25H17N.3C21H15N.4C4H11N.C2H6/c1-26-23-15-17-9-3-2-8-16(17)14-22(23)24-20-12-6-4-10-18(20)19-11-5-7-13-21(19)25(24)26;1-22-18-12-10-14-6-2-4-8-16(14)20(18)21-17-9-5-3-7-15(17)11-13-19(21)22;1-22-20-13-16-8-3-2-7-15(16)12-19(20)18-11-10-14-6-4-5-9-17(14)21(18)22;1-22-20-9-5-4-8-17(20)19-13-12-16-15-7-3-2-6-14(15)10-11-18(16)21(19)22;4*1-4-5(2)3;1-2/h2-15H,1H3;3*2-13H,1H3;4*4H2,1-3H3;1-2H3. The molecule has 4 aromatic heterocycles. The molecule has 576 valence electrons. The van der Waals surface area contributed by atoms with E-state index in [0.717, 1.165) is 26.2 Å². The summed E-state index contributed by atoms with van der Waals surface area (Å²) in [5, 5.41) is 34.4. The quantitative estimate of drug-likeness (QED) is 0.164. The Balaban J connectivity index is 0.000000122. The average molecular weight is 1500 g/mol. The van der Waals surface area contributed by atoms with E-state index in [1.807, 2.05) is 13.8 Å². The van der Waals surface area contributed by atoms with Crippen LogP contribution in [0, 0.1) is 0 Å². The zero-order valence-corrected chi connectivity index (χ0v) is 70.3. The zero-order valence-electron chi connectivity index (χ0n) is 70.3. The fourth-order valence-electron chi connectivity index (χ4n) is 15.7. The highest BCUT2D eigenvalue weighted by atomic mass is 15.1. The molecule has 0 aliphatic carbocycles. The molecule has 21 rings (SSSR count). The summed E-state index contributed by atoms with van der Waals surface area (Å²) < 4.78 is 9.33. The second-order valence-corrected chi connectivity index (χ2v) is 30.5. The minimum atomic E-state index is 1.14. The van der Waals surface area contributed by atoms with E-state index in [-0.39, 0.29) is 0 Å². The third-order valence-corrected chi connectivity index (χ3v) is 22.6. The number of para-hydroxylation sites is 1. The first-order valence-corrected chi connectivity index (χ1v) is 40.6. The second-order valence-electron chi connectivity index (χ2n) is 30.5. The molecule has 0 saturated carbocycles. The molecule has 0 aliphatic rings. The number of fused-ring (bicyclic) bond motifs is 29. The highest BCUT2D eigenvalue weighted by molar-refractivity contribution is 6.33. The third-order valence-electron chi connectivity index (χ3n) is 22.6. The van der Waals surface area contributed by atoms with Gasteiger partial charge in [-0.3, -0.25) is 0 Å². The molecule has 0 bridgehead atoms. The van der Waals surface area contributed by atoms with Crippen molar-refractivity contribution in [2.75, 3.05) is 82.6 Å². The first kappa shape index (κ1) is 80.2. The maximum absolute atomic E-state index is 2.37. The van der Waals surface area contributed by atoms with Crippen LogP contribution in [0.5, 0.6) is 0 Å². The lowest BCUT2D eigenvalue weighted by Crippen LogP contribution is -2.08. The second kappa shape index (κ2) is 35.9. The van der Waals surface area contributed by atoms with Gasteiger partial charge in [0, 0.05) is 115 Å². The molecule has 114 heavy (non-hydrogen) atoms. The molecule has 0 radical (unpaired) electrons. The minimum absolute atomic E-state index is 1.14. The molecule has 0 aliphatic heterocycles. The van der Waals surface area contributed by atoms with Crippen molar-refractivity contribution < 1.29 is 0 Å². The van der Waals surface area contributed by atoms with Crippen LogP contribution in [-0.2, 0) is 28.2 Å². The Labute approximate surface area is 673 Å². The highest BCUT2D eigenvalue weighted by Crippen LogP contribution is 2.44. The summed E-state index contributed by atoms with van der Waals surface area (Å²) in [4.78, 5) is 8.50. The molecule has 8 nitrogen and oxygen atoms in total. The number of benzene rings is 17. The van der Waals surface area contributed by atoms with Gasteiger partial charge >= 0.3 is 0 Å². The molecule has 21 aromatic rings. The zero-order chi connectivity index (χ0) is 80.4. The fraction of sp³-hybridized carbons (Fsp3) is 0.208. The van der Waals surface area contributed by atoms with Gasteiger partial charge in [-0.05, 0) is 206 Å². The lowest BCUT2D eigenvalue weighted by atomic mass is 9.96. The van der Waals surface area contributed by atoms with Crippen LogP contribution in [-0.4, -0.2) is 120 Å². The van der Waals surface area contributed by atoms with Gasteiger partial charge in [-0.15, -0.1) is 0 Å². The summed E-state index contributed by atoms with van der Waals surface area (Å²) in [6.45, 7) is 17.1. The maximum atomic E-state index is 2.37. The minimum Gasteiger partial charge on any atom is -0.344 e.